The van der Waals surface area contributed by atoms with Crippen molar-refractivity contribution < 1.29 is 9.53 Å². The average Bonchev–Trinajstić information content (AvgIpc) is 2.37. The zero-order chi connectivity index (χ0) is 12.5. The average molecular weight is 230 g/mol. The van der Waals surface area contributed by atoms with Crippen molar-refractivity contribution in [2.45, 2.75) is 19.3 Å². The second-order valence-electron chi connectivity index (χ2n) is 4.40. The first-order valence-electron chi connectivity index (χ1n) is 5.37. The van der Waals surface area contributed by atoms with Gasteiger partial charge in [0.15, 0.2) is 0 Å². The molecule has 2 aromatic rings. The second kappa shape index (κ2) is 4.13. The Hall–Kier alpha value is -1.97. The molecule has 0 bridgehead atoms. The van der Waals surface area contributed by atoms with Crippen LogP contribution < -0.4 is 0 Å². The van der Waals surface area contributed by atoms with Crippen molar-refractivity contribution in [2.24, 2.45) is 0 Å². The van der Waals surface area contributed by atoms with Crippen molar-refractivity contribution in [1.29, 1.82) is 0 Å². The highest BCUT2D eigenvalue weighted by Gasteiger charge is 2.33. The molecule has 1 heterocycles. The largest absolute Gasteiger partial charge is 0.468 e. The summed E-state index contributed by atoms with van der Waals surface area (Å²) in [5.74, 6) is -0.318. The van der Waals surface area contributed by atoms with E-state index in [4.69, 9.17) is 4.74 Å². The summed E-state index contributed by atoms with van der Waals surface area (Å²) in [6.45, 7) is 3.55. The van der Waals surface area contributed by atoms with Crippen LogP contribution in [0.1, 0.15) is 19.5 Å². The number of rotatable bonds is 2. The van der Waals surface area contributed by atoms with Crippen LogP contribution in [0.25, 0.3) is 10.9 Å². The molecule has 1 aromatic carbocycles. The molecule has 0 spiro atoms. The van der Waals surface area contributed by atoms with Gasteiger partial charge in [0.1, 0.15) is 5.41 Å². The van der Waals surface area contributed by atoms with Crippen molar-refractivity contribution in [3.63, 3.8) is 0 Å². The number of hydrogen-bond acceptors (Lipinski definition) is 4. The van der Waals surface area contributed by atoms with E-state index in [9.17, 15) is 4.79 Å². The number of fused-ring (bicyclic) bond motifs is 1. The Morgan fingerprint density at radius 3 is 2.65 bits per heavy atom. The first-order valence-corrected chi connectivity index (χ1v) is 5.37. The molecule has 0 saturated heterocycles. The highest BCUT2D eigenvalue weighted by molar-refractivity contribution is 5.84. The molecule has 4 heteroatoms. The van der Waals surface area contributed by atoms with Gasteiger partial charge in [-0.1, -0.05) is 18.2 Å². The van der Waals surface area contributed by atoms with Gasteiger partial charge in [-0.3, -0.25) is 4.79 Å². The number of carbonyl (C=O) groups is 1. The molecule has 0 amide bonds. The Balaban J connectivity index is 2.53. The first-order chi connectivity index (χ1) is 8.05. The molecule has 0 radical (unpaired) electrons. The standard InChI is InChI=1S/C13H14N2O2/c1-13(2,12(16)17-3)11-8-9-6-4-5-7-10(9)14-15-11/h4-8H,1-3H3. The van der Waals surface area contributed by atoms with E-state index in [0.29, 0.717) is 5.69 Å². The van der Waals surface area contributed by atoms with Gasteiger partial charge in [-0.15, -0.1) is 0 Å². The van der Waals surface area contributed by atoms with Gasteiger partial charge in [0.25, 0.3) is 0 Å². The van der Waals surface area contributed by atoms with Gasteiger partial charge in [0.05, 0.1) is 18.3 Å². The zero-order valence-corrected chi connectivity index (χ0v) is 10.1. The summed E-state index contributed by atoms with van der Waals surface area (Å²) in [6, 6.07) is 9.54. The molecule has 88 valence electrons. The van der Waals surface area contributed by atoms with Crippen LogP contribution in [0, 0.1) is 0 Å². The topological polar surface area (TPSA) is 52.1 Å². The molecule has 0 unspecified atom stereocenters. The van der Waals surface area contributed by atoms with Gasteiger partial charge in [0.2, 0.25) is 0 Å². The Kier molecular flexibility index (Phi) is 2.79. The van der Waals surface area contributed by atoms with Crippen LogP contribution in [0.5, 0.6) is 0 Å². The van der Waals surface area contributed by atoms with Gasteiger partial charge in [-0.05, 0) is 26.0 Å². The Bertz CT molecular complexity index is 564. The van der Waals surface area contributed by atoms with E-state index in [0.717, 1.165) is 10.9 Å². The van der Waals surface area contributed by atoms with Crippen LogP contribution in [-0.2, 0) is 14.9 Å². The zero-order valence-electron chi connectivity index (χ0n) is 10.1. The van der Waals surface area contributed by atoms with Crippen LogP contribution in [-0.4, -0.2) is 23.3 Å². The van der Waals surface area contributed by atoms with E-state index in [-0.39, 0.29) is 5.97 Å². The Morgan fingerprint density at radius 2 is 1.94 bits per heavy atom. The third-order valence-electron chi connectivity index (χ3n) is 2.83. The molecule has 17 heavy (non-hydrogen) atoms. The number of ether oxygens (including phenoxy) is 1. The van der Waals surface area contributed by atoms with E-state index in [1.54, 1.807) is 13.8 Å². The number of methoxy groups -OCH3 is 1. The molecule has 0 aliphatic carbocycles. The minimum atomic E-state index is -0.786. The normalized spacial score (nSPS) is 11.5. The van der Waals surface area contributed by atoms with Gasteiger partial charge in [-0.2, -0.15) is 10.2 Å². The van der Waals surface area contributed by atoms with Gasteiger partial charge in [-0.25, -0.2) is 0 Å². The number of aromatic nitrogens is 2. The van der Waals surface area contributed by atoms with Crippen LogP contribution in [0.4, 0.5) is 0 Å². The summed E-state index contributed by atoms with van der Waals surface area (Å²) in [5, 5.41) is 9.17. The lowest BCUT2D eigenvalue weighted by molar-refractivity contribution is -0.146. The summed E-state index contributed by atoms with van der Waals surface area (Å²) in [6.07, 6.45) is 0. The summed E-state index contributed by atoms with van der Waals surface area (Å²) < 4.78 is 4.77. The minimum absolute atomic E-state index is 0.318. The summed E-state index contributed by atoms with van der Waals surface area (Å²) >= 11 is 0. The molecule has 0 aliphatic rings. The van der Waals surface area contributed by atoms with Gasteiger partial charge >= 0.3 is 5.97 Å². The molecule has 4 nitrogen and oxygen atoms in total. The molecule has 0 fully saturated rings. The van der Waals surface area contributed by atoms with Crippen molar-refractivity contribution in [3.8, 4) is 0 Å². The fourth-order valence-corrected chi connectivity index (χ4v) is 1.65. The highest BCUT2D eigenvalue weighted by Crippen LogP contribution is 2.24. The Morgan fingerprint density at radius 1 is 1.24 bits per heavy atom. The van der Waals surface area contributed by atoms with E-state index in [1.165, 1.54) is 7.11 Å². The minimum Gasteiger partial charge on any atom is -0.468 e. The maximum atomic E-state index is 11.7. The van der Waals surface area contributed by atoms with Gasteiger partial charge < -0.3 is 4.74 Å². The number of benzene rings is 1. The van der Waals surface area contributed by atoms with E-state index in [2.05, 4.69) is 10.2 Å². The maximum absolute atomic E-state index is 11.7. The summed E-state index contributed by atoms with van der Waals surface area (Å²) in [7, 11) is 1.37. The summed E-state index contributed by atoms with van der Waals surface area (Å²) in [4.78, 5) is 11.7. The lowest BCUT2D eigenvalue weighted by atomic mass is 9.88. The molecule has 0 aliphatic heterocycles. The number of esters is 1. The molecule has 0 N–H and O–H groups in total. The molecule has 1 aromatic heterocycles. The fourth-order valence-electron chi connectivity index (χ4n) is 1.65. The quantitative estimate of drug-likeness (QED) is 0.741. The lowest BCUT2D eigenvalue weighted by Crippen LogP contribution is -2.31. The predicted molar refractivity (Wildman–Crippen MR) is 64.6 cm³/mol. The monoisotopic (exact) mass is 230 g/mol. The second-order valence-corrected chi connectivity index (χ2v) is 4.40. The van der Waals surface area contributed by atoms with Crippen molar-refractivity contribution in [3.05, 3.63) is 36.0 Å². The Labute approximate surface area is 99.6 Å². The number of hydrogen-bond donors (Lipinski definition) is 0. The summed E-state index contributed by atoms with van der Waals surface area (Å²) in [5.41, 5.74) is 0.645. The number of carbonyl (C=O) groups excluding carboxylic acids is 1. The van der Waals surface area contributed by atoms with Crippen molar-refractivity contribution in [1.82, 2.24) is 10.2 Å². The molecule has 2 rings (SSSR count). The molecule has 0 saturated carbocycles. The van der Waals surface area contributed by atoms with Crippen molar-refractivity contribution >= 4 is 16.9 Å². The molecular weight excluding hydrogens is 216 g/mol. The first kappa shape index (κ1) is 11.5. The smallest absolute Gasteiger partial charge is 0.317 e. The van der Waals surface area contributed by atoms with Crippen LogP contribution in [0.2, 0.25) is 0 Å². The SMILES string of the molecule is COC(=O)C(C)(C)c1cc2ccccc2nn1. The third kappa shape index (κ3) is 1.98. The van der Waals surface area contributed by atoms with E-state index in [1.807, 2.05) is 30.3 Å². The van der Waals surface area contributed by atoms with Crippen LogP contribution in [0.3, 0.4) is 0 Å². The van der Waals surface area contributed by atoms with Gasteiger partial charge in [0, 0.05) is 5.39 Å². The predicted octanol–water partition coefficient (Wildman–Crippen LogP) is 2.08. The maximum Gasteiger partial charge on any atom is 0.317 e. The third-order valence-corrected chi connectivity index (χ3v) is 2.83. The number of nitrogens with zero attached hydrogens (tertiary/aromatic N) is 2. The molecule has 0 atom stereocenters. The fraction of sp³-hybridized carbons (Fsp3) is 0.308. The highest BCUT2D eigenvalue weighted by atomic mass is 16.5. The van der Waals surface area contributed by atoms with Crippen LogP contribution in [0.15, 0.2) is 30.3 Å². The van der Waals surface area contributed by atoms with Crippen LogP contribution >= 0.6 is 0 Å². The lowest BCUT2D eigenvalue weighted by Gasteiger charge is -2.20. The van der Waals surface area contributed by atoms with Crippen molar-refractivity contribution in [2.75, 3.05) is 7.11 Å². The van der Waals surface area contributed by atoms with E-state index < -0.39 is 5.41 Å². The molecular formula is C13H14N2O2. The van der Waals surface area contributed by atoms with E-state index >= 15 is 0 Å².